The summed E-state index contributed by atoms with van der Waals surface area (Å²) >= 11 is 5.49. The maximum absolute atomic E-state index is 13.0. The molecule has 25 heavy (non-hydrogen) atoms. The minimum absolute atomic E-state index is 0.0332. The fourth-order valence-corrected chi connectivity index (χ4v) is 3.33. The Bertz CT molecular complexity index is 827. The van der Waals surface area contributed by atoms with Crippen molar-refractivity contribution >= 4 is 28.4 Å². The first kappa shape index (κ1) is 17.4. The largest absolute Gasteiger partial charge is 0.462 e. The van der Waals surface area contributed by atoms with E-state index in [4.69, 9.17) is 17.0 Å². The Kier molecular flexibility index (Phi) is 5.29. The summed E-state index contributed by atoms with van der Waals surface area (Å²) in [7, 11) is 1.77. The molecule has 2 aromatic rings. The van der Waals surface area contributed by atoms with E-state index >= 15 is 0 Å². The third-order valence-corrected chi connectivity index (χ3v) is 4.67. The Hall–Kier alpha value is -2.46. The molecule has 128 valence electrons. The van der Waals surface area contributed by atoms with Gasteiger partial charge in [0.15, 0.2) is 12.0 Å². The second-order valence-electron chi connectivity index (χ2n) is 5.98. The van der Waals surface area contributed by atoms with Crippen LogP contribution in [0.3, 0.4) is 0 Å². The minimum Gasteiger partial charge on any atom is -0.462 e. The Morgan fingerprint density at radius 1 is 1.16 bits per heavy atom. The topological polar surface area (TPSA) is 38.3 Å². The fraction of sp³-hybridized carbons (Fsp3) is 0.238. The van der Waals surface area contributed by atoms with Gasteiger partial charge in [0.25, 0.3) is 0 Å². The van der Waals surface area contributed by atoms with E-state index in [0.717, 1.165) is 34.4 Å². The molecule has 3 rings (SSSR count). The number of nitrogens with one attached hydrogen (secondary N) is 1. The highest BCUT2D eigenvalue weighted by molar-refractivity contribution is 7.80. The van der Waals surface area contributed by atoms with Crippen molar-refractivity contribution in [3.05, 3.63) is 77.2 Å². The molecule has 1 unspecified atom stereocenters. The monoisotopic (exact) mass is 351 g/mol. The second-order valence-corrected chi connectivity index (χ2v) is 6.47. The summed E-state index contributed by atoms with van der Waals surface area (Å²) in [6.07, 6.45) is 1.27. The van der Waals surface area contributed by atoms with Crippen LogP contribution in [0, 0.1) is 0 Å². The molecule has 0 fully saturated rings. The smallest absolute Gasteiger partial charge is 0.213 e. The molecule has 1 heterocycles. The molecule has 4 heteroatoms. The van der Waals surface area contributed by atoms with Crippen molar-refractivity contribution in [1.82, 2.24) is 5.32 Å². The Morgan fingerprint density at radius 3 is 2.60 bits per heavy atom. The highest BCUT2D eigenvalue weighted by Gasteiger charge is 2.36. The van der Waals surface area contributed by atoms with Gasteiger partial charge >= 0.3 is 0 Å². The van der Waals surface area contributed by atoms with Crippen LogP contribution in [-0.4, -0.2) is 17.7 Å². The van der Waals surface area contributed by atoms with E-state index < -0.39 is 6.10 Å². The van der Waals surface area contributed by atoms with Crippen molar-refractivity contribution in [1.29, 1.82) is 0 Å². The van der Waals surface area contributed by atoms with Crippen molar-refractivity contribution in [2.75, 3.05) is 7.05 Å². The van der Waals surface area contributed by atoms with E-state index in [9.17, 15) is 4.79 Å². The van der Waals surface area contributed by atoms with E-state index in [1.54, 1.807) is 7.05 Å². The van der Waals surface area contributed by atoms with Gasteiger partial charge in [-0.2, -0.15) is 0 Å². The lowest BCUT2D eigenvalue weighted by molar-refractivity contribution is -0.120. The summed E-state index contributed by atoms with van der Waals surface area (Å²) in [5.74, 6) is 0.478. The number of hydrogen-bond acceptors (Lipinski definition) is 4. The molecule has 0 aromatic heterocycles. The zero-order valence-corrected chi connectivity index (χ0v) is 15.2. The number of carbonyl (C=O) groups excluding carboxylic acids is 1. The van der Waals surface area contributed by atoms with Crippen LogP contribution in [0.4, 0.5) is 0 Å². The van der Waals surface area contributed by atoms with Crippen molar-refractivity contribution in [3.8, 4) is 0 Å². The first-order valence-corrected chi connectivity index (χ1v) is 8.88. The number of ketones is 1. The molecule has 0 spiro atoms. The lowest BCUT2D eigenvalue weighted by atomic mass is 9.95. The molecular formula is C21H21NO2S. The second kappa shape index (κ2) is 7.62. The van der Waals surface area contributed by atoms with Gasteiger partial charge in [-0.05, 0) is 23.6 Å². The number of hydrogen-bond donors (Lipinski definition) is 1. The van der Waals surface area contributed by atoms with Crippen LogP contribution in [0.15, 0.2) is 60.5 Å². The molecule has 1 atom stereocenters. The van der Waals surface area contributed by atoms with E-state index in [0.29, 0.717) is 11.5 Å². The van der Waals surface area contributed by atoms with Gasteiger partial charge in [0.2, 0.25) is 5.78 Å². The molecule has 0 saturated heterocycles. The Labute approximate surface area is 153 Å². The quantitative estimate of drug-likeness (QED) is 0.617. The number of thiocarbonyl (C=S) groups is 1. The van der Waals surface area contributed by atoms with Gasteiger partial charge in [-0.25, -0.2) is 0 Å². The third-order valence-electron chi connectivity index (χ3n) is 4.23. The van der Waals surface area contributed by atoms with Crippen LogP contribution in [0.25, 0.3) is 5.57 Å². The zero-order valence-electron chi connectivity index (χ0n) is 14.4. The van der Waals surface area contributed by atoms with Crippen LogP contribution in [0.2, 0.25) is 0 Å². The standard InChI is InChI=1S/C21H21NO2S/c1-3-8-17(25)15-11-7-12-16(13-15)18-19(23)20(24-21(18)22-2)14-9-5-4-6-10-14/h4-7,9-13,20,22H,3,8H2,1-2H3. The molecule has 1 aliphatic heterocycles. The molecule has 0 radical (unpaired) electrons. The lowest BCUT2D eigenvalue weighted by Gasteiger charge is -2.11. The molecule has 2 aromatic carbocycles. The van der Waals surface area contributed by atoms with Crippen LogP contribution in [-0.2, 0) is 9.53 Å². The normalized spacial score (nSPS) is 16.7. The SMILES string of the molecule is CCCC(=S)c1cccc(C2=C(NC)OC(c3ccccc3)C2=O)c1. The molecule has 0 amide bonds. The van der Waals surface area contributed by atoms with Crippen LogP contribution >= 0.6 is 12.2 Å². The summed E-state index contributed by atoms with van der Waals surface area (Å²) in [4.78, 5) is 13.9. The van der Waals surface area contributed by atoms with E-state index in [1.165, 1.54) is 0 Å². The summed E-state index contributed by atoms with van der Waals surface area (Å²) < 4.78 is 5.91. The average Bonchev–Trinajstić information content (AvgIpc) is 2.99. The Morgan fingerprint density at radius 2 is 1.92 bits per heavy atom. The molecular weight excluding hydrogens is 330 g/mol. The lowest BCUT2D eigenvalue weighted by Crippen LogP contribution is -2.10. The first-order chi connectivity index (χ1) is 12.2. The van der Waals surface area contributed by atoms with Crippen molar-refractivity contribution in [3.63, 3.8) is 0 Å². The molecule has 0 saturated carbocycles. The predicted octanol–water partition coefficient (Wildman–Crippen LogP) is 4.43. The van der Waals surface area contributed by atoms with Gasteiger partial charge < -0.3 is 10.1 Å². The molecule has 1 N–H and O–H groups in total. The molecule has 3 nitrogen and oxygen atoms in total. The number of Topliss-reactive ketones (excluding diaryl/α,β-unsaturated/α-hetero) is 1. The maximum Gasteiger partial charge on any atom is 0.213 e. The predicted molar refractivity (Wildman–Crippen MR) is 104 cm³/mol. The van der Waals surface area contributed by atoms with Crippen molar-refractivity contribution in [2.24, 2.45) is 0 Å². The van der Waals surface area contributed by atoms with Crippen molar-refractivity contribution < 1.29 is 9.53 Å². The summed E-state index contributed by atoms with van der Waals surface area (Å²) in [6.45, 7) is 2.11. The fourth-order valence-electron chi connectivity index (χ4n) is 3.00. The number of rotatable bonds is 6. The summed E-state index contributed by atoms with van der Waals surface area (Å²) in [5.41, 5.74) is 3.27. The van der Waals surface area contributed by atoms with Gasteiger partial charge in [-0.3, -0.25) is 4.79 Å². The average molecular weight is 351 g/mol. The van der Waals surface area contributed by atoms with Crippen LogP contribution < -0.4 is 5.32 Å². The first-order valence-electron chi connectivity index (χ1n) is 8.47. The molecule has 0 bridgehead atoms. The van der Waals surface area contributed by atoms with Gasteiger partial charge in [0.05, 0.1) is 5.57 Å². The highest BCUT2D eigenvalue weighted by Crippen LogP contribution is 2.37. The minimum atomic E-state index is -0.607. The van der Waals surface area contributed by atoms with Crippen LogP contribution in [0.5, 0.6) is 0 Å². The maximum atomic E-state index is 13.0. The van der Waals surface area contributed by atoms with E-state index in [2.05, 4.69) is 12.2 Å². The third kappa shape index (κ3) is 3.49. The summed E-state index contributed by atoms with van der Waals surface area (Å²) in [5, 5.41) is 3.02. The van der Waals surface area contributed by atoms with Crippen molar-refractivity contribution in [2.45, 2.75) is 25.9 Å². The zero-order chi connectivity index (χ0) is 17.8. The molecule has 0 aliphatic carbocycles. The number of benzene rings is 2. The molecule has 1 aliphatic rings. The number of carbonyl (C=O) groups is 1. The highest BCUT2D eigenvalue weighted by atomic mass is 32.1. The number of ether oxygens (including phenoxy) is 1. The summed E-state index contributed by atoms with van der Waals surface area (Å²) in [6, 6.07) is 17.4. The van der Waals surface area contributed by atoms with Crippen LogP contribution in [0.1, 0.15) is 42.6 Å². The Balaban J connectivity index is 1.96. The van der Waals surface area contributed by atoms with Gasteiger partial charge in [0.1, 0.15) is 0 Å². The van der Waals surface area contributed by atoms with Gasteiger partial charge in [0, 0.05) is 17.5 Å². The van der Waals surface area contributed by atoms with Gasteiger partial charge in [-0.1, -0.05) is 74.1 Å². The van der Waals surface area contributed by atoms with Gasteiger partial charge in [-0.15, -0.1) is 0 Å². The van der Waals surface area contributed by atoms with E-state index in [-0.39, 0.29) is 5.78 Å². The van der Waals surface area contributed by atoms with E-state index in [1.807, 2.05) is 54.6 Å².